The summed E-state index contributed by atoms with van der Waals surface area (Å²) in [7, 11) is 0. The first-order chi connectivity index (χ1) is 6.77. The van der Waals surface area contributed by atoms with Gasteiger partial charge in [0.1, 0.15) is 0 Å². The van der Waals surface area contributed by atoms with Crippen LogP contribution in [0.1, 0.15) is 63.6 Å². The largest absolute Gasteiger partial charge is 0.261 e. The molecule has 1 aromatic heterocycles. The number of hydrogen-bond acceptors (Lipinski definition) is 1. The van der Waals surface area contributed by atoms with E-state index >= 15 is 0 Å². The third-order valence-electron chi connectivity index (χ3n) is 2.47. The predicted molar refractivity (Wildman–Crippen MR) is 61.6 cm³/mol. The van der Waals surface area contributed by atoms with E-state index in [4.69, 9.17) is 0 Å². The summed E-state index contributed by atoms with van der Waals surface area (Å²) in [5.74, 6) is 1.41. The van der Waals surface area contributed by atoms with Crippen LogP contribution in [0, 0.1) is 0 Å². The maximum atomic E-state index is 4.38. The van der Waals surface area contributed by atoms with Crippen LogP contribution in [0.25, 0.3) is 0 Å². The first kappa shape index (κ1) is 11.2. The molecule has 0 amide bonds. The molecule has 0 spiro atoms. The molecule has 0 aromatic carbocycles. The minimum atomic E-state index is 0.630. The van der Waals surface area contributed by atoms with Crippen molar-refractivity contribution in [1.82, 2.24) is 4.98 Å². The van der Waals surface area contributed by atoms with Crippen molar-refractivity contribution in [2.24, 2.45) is 0 Å². The van der Waals surface area contributed by atoms with Crippen LogP contribution in [-0.2, 0) is 0 Å². The Hall–Kier alpha value is -0.850. The van der Waals surface area contributed by atoms with Crippen molar-refractivity contribution < 1.29 is 0 Å². The van der Waals surface area contributed by atoms with E-state index in [-0.39, 0.29) is 0 Å². The molecule has 14 heavy (non-hydrogen) atoms. The molecule has 1 fully saturated rings. The fourth-order valence-electron chi connectivity index (χ4n) is 1.43. The molecule has 0 bridgehead atoms. The van der Waals surface area contributed by atoms with E-state index in [9.17, 15) is 0 Å². The van der Waals surface area contributed by atoms with Crippen LogP contribution in [0.2, 0.25) is 0 Å². The monoisotopic (exact) mass is 191 g/mol. The van der Waals surface area contributed by atoms with E-state index < -0.39 is 0 Å². The zero-order chi connectivity index (χ0) is 10.6. The predicted octanol–water partition coefficient (Wildman–Crippen LogP) is 4.11. The maximum absolute atomic E-state index is 4.38. The van der Waals surface area contributed by atoms with E-state index in [0.717, 1.165) is 5.92 Å². The number of pyridine rings is 1. The van der Waals surface area contributed by atoms with Gasteiger partial charge in [-0.15, -0.1) is 0 Å². The Morgan fingerprint density at radius 1 is 1.29 bits per heavy atom. The molecule has 1 aromatic rings. The fourth-order valence-corrected chi connectivity index (χ4v) is 1.43. The number of hydrogen-bond donors (Lipinski definition) is 0. The molecule has 1 aliphatic carbocycles. The Bertz CT molecular complexity index is 257. The molecule has 2 rings (SSSR count). The number of nitrogens with zero attached hydrogens (tertiary/aromatic N) is 1. The topological polar surface area (TPSA) is 12.9 Å². The van der Waals surface area contributed by atoms with Gasteiger partial charge in [-0.1, -0.05) is 27.7 Å². The van der Waals surface area contributed by atoms with E-state index in [0.29, 0.717) is 5.92 Å². The van der Waals surface area contributed by atoms with Crippen molar-refractivity contribution in [3.05, 3.63) is 29.6 Å². The van der Waals surface area contributed by atoms with Crippen molar-refractivity contribution in [2.75, 3.05) is 0 Å². The summed E-state index contributed by atoms with van der Waals surface area (Å²) in [6.45, 7) is 8.46. The summed E-state index contributed by atoms with van der Waals surface area (Å²) >= 11 is 0. The first-order valence-corrected chi connectivity index (χ1v) is 5.73. The van der Waals surface area contributed by atoms with Crippen LogP contribution in [0.3, 0.4) is 0 Å². The van der Waals surface area contributed by atoms with Crippen molar-refractivity contribution in [2.45, 2.75) is 52.4 Å². The van der Waals surface area contributed by atoms with Crippen molar-refractivity contribution in [1.29, 1.82) is 0 Å². The lowest BCUT2D eigenvalue weighted by Gasteiger charge is -2.05. The van der Waals surface area contributed by atoms with Gasteiger partial charge < -0.3 is 0 Å². The van der Waals surface area contributed by atoms with Gasteiger partial charge in [0, 0.05) is 17.8 Å². The van der Waals surface area contributed by atoms with Crippen LogP contribution >= 0.6 is 0 Å². The minimum Gasteiger partial charge on any atom is -0.261 e. The second-order valence-electron chi connectivity index (χ2n) is 3.94. The molecule has 0 N–H and O–H groups in total. The summed E-state index contributed by atoms with van der Waals surface area (Å²) in [6, 6.07) is 4.39. The summed E-state index contributed by atoms with van der Waals surface area (Å²) in [4.78, 5) is 4.38. The summed E-state index contributed by atoms with van der Waals surface area (Å²) in [5, 5.41) is 0. The molecule has 0 unspecified atom stereocenters. The summed E-state index contributed by atoms with van der Waals surface area (Å²) in [6.07, 6.45) is 4.63. The SMILES string of the molecule is CC.CC(C)c1ccnc(C2CC2)c1. The standard InChI is InChI=1S/C11H15N.C2H6/c1-8(2)10-5-6-12-11(7-10)9-3-4-9;1-2/h5-9H,3-4H2,1-2H3;1-2H3. The quantitative estimate of drug-likeness (QED) is 0.685. The van der Waals surface area contributed by atoms with Gasteiger partial charge in [-0.05, 0) is 36.5 Å². The van der Waals surface area contributed by atoms with Gasteiger partial charge in [0.25, 0.3) is 0 Å². The molecule has 0 radical (unpaired) electrons. The van der Waals surface area contributed by atoms with Crippen LogP contribution in [0.5, 0.6) is 0 Å². The average molecular weight is 191 g/mol. The molecule has 0 aliphatic heterocycles. The summed E-state index contributed by atoms with van der Waals surface area (Å²) in [5.41, 5.74) is 2.73. The zero-order valence-electron chi connectivity index (χ0n) is 9.75. The van der Waals surface area contributed by atoms with Crippen molar-refractivity contribution in [3.63, 3.8) is 0 Å². The lowest BCUT2D eigenvalue weighted by atomic mass is 10.0. The van der Waals surface area contributed by atoms with Gasteiger partial charge in [-0.25, -0.2) is 0 Å². The second-order valence-corrected chi connectivity index (χ2v) is 3.94. The van der Waals surface area contributed by atoms with Gasteiger partial charge in [-0.3, -0.25) is 4.98 Å². The molecule has 78 valence electrons. The highest BCUT2D eigenvalue weighted by atomic mass is 14.7. The maximum Gasteiger partial charge on any atom is 0.0437 e. The molecular formula is C13H21N. The molecule has 0 atom stereocenters. The zero-order valence-corrected chi connectivity index (χ0v) is 9.75. The second kappa shape index (κ2) is 5.14. The van der Waals surface area contributed by atoms with E-state index in [2.05, 4.69) is 31.0 Å². The lowest BCUT2D eigenvalue weighted by molar-refractivity contribution is 0.852. The van der Waals surface area contributed by atoms with Crippen molar-refractivity contribution >= 4 is 0 Å². The van der Waals surface area contributed by atoms with Crippen LogP contribution in [-0.4, -0.2) is 4.98 Å². The number of rotatable bonds is 2. The Morgan fingerprint density at radius 3 is 2.43 bits per heavy atom. The molecule has 1 saturated carbocycles. The normalized spacial score (nSPS) is 14.9. The third-order valence-corrected chi connectivity index (χ3v) is 2.47. The highest BCUT2D eigenvalue weighted by molar-refractivity contribution is 5.24. The Morgan fingerprint density at radius 2 is 1.93 bits per heavy atom. The fraction of sp³-hybridized carbons (Fsp3) is 0.615. The van der Waals surface area contributed by atoms with Gasteiger partial charge in [0.2, 0.25) is 0 Å². The van der Waals surface area contributed by atoms with Crippen molar-refractivity contribution in [3.8, 4) is 0 Å². The summed E-state index contributed by atoms with van der Waals surface area (Å²) < 4.78 is 0. The highest BCUT2D eigenvalue weighted by Gasteiger charge is 2.24. The van der Waals surface area contributed by atoms with E-state index in [1.54, 1.807) is 0 Å². The first-order valence-electron chi connectivity index (χ1n) is 5.73. The van der Waals surface area contributed by atoms with Gasteiger partial charge >= 0.3 is 0 Å². The highest BCUT2D eigenvalue weighted by Crippen LogP contribution is 2.39. The van der Waals surface area contributed by atoms with Gasteiger partial charge in [0.15, 0.2) is 0 Å². The van der Waals surface area contributed by atoms with Gasteiger partial charge in [-0.2, -0.15) is 0 Å². The molecule has 1 heterocycles. The molecular weight excluding hydrogens is 170 g/mol. The third kappa shape index (κ3) is 2.83. The van der Waals surface area contributed by atoms with Gasteiger partial charge in [0.05, 0.1) is 0 Å². The Kier molecular flexibility index (Phi) is 4.12. The molecule has 1 heteroatoms. The number of aromatic nitrogens is 1. The molecule has 0 saturated heterocycles. The Labute approximate surface area is 87.6 Å². The average Bonchev–Trinajstić information content (AvgIpc) is 3.04. The van der Waals surface area contributed by atoms with E-state index in [1.807, 2.05) is 20.0 Å². The smallest absolute Gasteiger partial charge is 0.0437 e. The Balaban J connectivity index is 0.000000461. The lowest BCUT2D eigenvalue weighted by Crippen LogP contribution is -1.91. The van der Waals surface area contributed by atoms with Crippen LogP contribution < -0.4 is 0 Å². The molecule has 1 aliphatic rings. The van der Waals surface area contributed by atoms with Crippen LogP contribution in [0.4, 0.5) is 0 Å². The van der Waals surface area contributed by atoms with Crippen LogP contribution in [0.15, 0.2) is 18.3 Å². The minimum absolute atomic E-state index is 0.630. The van der Waals surface area contributed by atoms with E-state index in [1.165, 1.54) is 24.1 Å². The molecule has 1 nitrogen and oxygen atoms in total.